The van der Waals surface area contributed by atoms with Gasteiger partial charge in [0.15, 0.2) is 0 Å². The van der Waals surface area contributed by atoms with Gasteiger partial charge in [0.05, 0.1) is 11.4 Å². The van der Waals surface area contributed by atoms with Crippen molar-refractivity contribution in [2.24, 2.45) is 0 Å². The van der Waals surface area contributed by atoms with Crippen LogP contribution in [-0.2, 0) is 0 Å². The minimum Gasteiger partial charge on any atom is -0.248 e. The summed E-state index contributed by atoms with van der Waals surface area (Å²) in [6, 6.07) is 36.2. The van der Waals surface area contributed by atoms with Crippen molar-refractivity contribution in [3.8, 4) is 44.8 Å². The van der Waals surface area contributed by atoms with Crippen molar-refractivity contribution in [2.75, 3.05) is 0 Å². The Morgan fingerprint density at radius 2 is 0.615 bits per heavy atom. The molecule has 4 aliphatic carbocycles. The highest BCUT2D eigenvalue weighted by Crippen LogP contribution is 2.28. The SMILES string of the molecule is c1cc2ccc(-c3cccc(-c4ccc5cccc-5cc4)n3)ccc-2c1. The van der Waals surface area contributed by atoms with E-state index in [0.29, 0.717) is 0 Å². The predicted molar refractivity (Wildman–Crippen MR) is 108 cm³/mol. The smallest absolute Gasteiger partial charge is 0.0709 e. The summed E-state index contributed by atoms with van der Waals surface area (Å²) < 4.78 is 0. The second-order valence-corrected chi connectivity index (χ2v) is 6.53. The fourth-order valence-corrected chi connectivity index (χ4v) is 3.43. The number of fused-ring (bicyclic) bond motifs is 2. The van der Waals surface area contributed by atoms with Crippen LogP contribution in [-0.4, -0.2) is 4.98 Å². The molecule has 4 aliphatic rings. The maximum Gasteiger partial charge on any atom is 0.0709 e. The van der Waals surface area contributed by atoms with Crippen LogP contribution in [0.1, 0.15) is 0 Å². The summed E-state index contributed by atoms with van der Waals surface area (Å²) in [4.78, 5) is 4.92. The minimum atomic E-state index is 0.991. The molecular weight excluding hydrogens is 314 g/mol. The Kier molecular flexibility index (Phi) is 3.50. The van der Waals surface area contributed by atoms with Gasteiger partial charge in [0.1, 0.15) is 0 Å². The summed E-state index contributed by atoms with van der Waals surface area (Å²) in [6.07, 6.45) is 0. The van der Waals surface area contributed by atoms with E-state index in [1.807, 2.05) is 0 Å². The molecule has 0 saturated carbocycles. The van der Waals surface area contributed by atoms with Gasteiger partial charge in [0.25, 0.3) is 0 Å². The first-order valence-corrected chi connectivity index (χ1v) is 8.82. The molecule has 0 unspecified atom stereocenters. The molecule has 122 valence electrons. The van der Waals surface area contributed by atoms with Crippen molar-refractivity contribution in [1.82, 2.24) is 4.98 Å². The third-order valence-electron chi connectivity index (χ3n) is 4.88. The largest absolute Gasteiger partial charge is 0.248 e. The van der Waals surface area contributed by atoms with Crippen LogP contribution in [0.15, 0.2) is 103 Å². The summed E-state index contributed by atoms with van der Waals surface area (Å²) in [7, 11) is 0. The topological polar surface area (TPSA) is 12.9 Å². The summed E-state index contributed by atoms with van der Waals surface area (Å²) in [5.74, 6) is 0. The lowest BCUT2D eigenvalue weighted by Gasteiger charge is -2.03. The van der Waals surface area contributed by atoms with Crippen LogP contribution in [0.3, 0.4) is 0 Å². The molecule has 1 nitrogen and oxygen atoms in total. The highest BCUT2D eigenvalue weighted by molar-refractivity contribution is 5.73. The third kappa shape index (κ3) is 2.64. The van der Waals surface area contributed by atoms with Crippen LogP contribution >= 0.6 is 0 Å². The van der Waals surface area contributed by atoms with Crippen LogP contribution in [0.25, 0.3) is 44.8 Å². The molecule has 0 fully saturated rings. The molecule has 5 rings (SSSR count). The molecule has 1 aromatic heterocycles. The van der Waals surface area contributed by atoms with Crippen molar-refractivity contribution in [1.29, 1.82) is 0 Å². The van der Waals surface area contributed by atoms with E-state index in [1.165, 1.54) is 22.3 Å². The van der Waals surface area contributed by atoms with Crippen LogP contribution in [0.4, 0.5) is 0 Å². The number of aromatic nitrogens is 1. The normalized spacial score (nSPS) is 11.1. The number of nitrogens with zero attached hydrogens (tertiary/aromatic N) is 1. The first-order chi connectivity index (χ1) is 12.9. The van der Waals surface area contributed by atoms with Crippen molar-refractivity contribution in [2.45, 2.75) is 0 Å². The molecule has 1 heteroatoms. The van der Waals surface area contributed by atoms with Gasteiger partial charge in [-0.15, -0.1) is 0 Å². The van der Waals surface area contributed by atoms with Gasteiger partial charge in [-0.25, -0.2) is 4.98 Å². The quantitative estimate of drug-likeness (QED) is 0.354. The Morgan fingerprint density at radius 1 is 0.308 bits per heavy atom. The van der Waals surface area contributed by atoms with Crippen LogP contribution < -0.4 is 0 Å². The highest BCUT2D eigenvalue weighted by Gasteiger charge is 2.06. The molecule has 0 bridgehead atoms. The van der Waals surface area contributed by atoms with E-state index < -0.39 is 0 Å². The average molecular weight is 331 g/mol. The zero-order chi connectivity index (χ0) is 17.3. The maximum absolute atomic E-state index is 4.92. The third-order valence-corrected chi connectivity index (χ3v) is 4.88. The lowest BCUT2D eigenvalue weighted by Crippen LogP contribution is -1.85. The molecular formula is C25H17N. The molecule has 1 heterocycles. The van der Waals surface area contributed by atoms with E-state index in [4.69, 9.17) is 4.98 Å². The Morgan fingerprint density at radius 3 is 1.00 bits per heavy atom. The van der Waals surface area contributed by atoms with Crippen molar-refractivity contribution < 1.29 is 0 Å². The second kappa shape index (κ2) is 6.12. The summed E-state index contributed by atoms with van der Waals surface area (Å²) >= 11 is 0. The standard InChI is InChI=1S/C25H17N/c1-4-18-10-14-22(15-11-19(18)5-1)24-8-3-9-25(26-24)23-16-12-20-6-2-7-21(20)13-17-23/h1-17H. The van der Waals surface area contributed by atoms with Gasteiger partial charge < -0.3 is 0 Å². The van der Waals surface area contributed by atoms with Gasteiger partial charge >= 0.3 is 0 Å². The number of pyridine rings is 1. The van der Waals surface area contributed by atoms with E-state index in [0.717, 1.165) is 22.5 Å². The van der Waals surface area contributed by atoms with Gasteiger partial charge in [0.2, 0.25) is 0 Å². The molecule has 0 spiro atoms. The van der Waals surface area contributed by atoms with Crippen molar-refractivity contribution >= 4 is 0 Å². The Hall–Kier alpha value is -3.45. The predicted octanol–water partition coefficient (Wildman–Crippen LogP) is 6.63. The van der Waals surface area contributed by atoms with Gasteiger partial charge in [-0.1, -0.05) is 91.0 Å². The zero-order valence-corrected chi connectivity index (χ0v) is 14.3. The molecule has 0 saturated heterocycles. The minimum absolute atomic E-state index is 0.991. The van der Waals surface area contributed by atoms with E-state index in [1.54, 1.807) is 0 Å². The Labute approximate surface area is 153 Å². The van der Waals surface area contributed by atoms with E-state index in [9.17, 15) is 0 Å². The van der Waals surface area contributed by atoms with Crippen LogP contribution in [0, 0.1) is 0 Å². The van der Waals surface area contributed by atoms with E-state index >= 15 is 0 Å². The van der Waals surface area contributed by atoms with Crippen LogP contribution in [0.2, 0.25) is 0 Å². The molecule has 26 heavy (non-hydrogen) atoms. The highest BCUT2D eigenvalue weighted by atomic mass is 14.7. The molecule has 0 atom stereocenters. The maximum atomic E-state index is 4.92. The van der Waals surface area contributed by atoms with Gasteiger partial charge in [0, 0.05) is 11.1 Å². The van der Waals surface area contributed by atoms with Crippen molar-refractivity contribution in [3.63, 3.8) is 0 Å². The van der Waals surface area contributed by atoms with Crippen molar-refractivity contribution in [3.05, 3.63) is 103 Å². The first-order valence-electron chi connectivity index (χ1n) is 8.82. The lowest BCUT2D eigenvalue weighted by atomic mass is 10.1. The van der Waals surface area contributed by atoms with Gasteiger partial charge in [-0.3, -0.25) is 0 Å². The Bertz CT molecular complexity index is 993. The fourth-order valence-electron chi connectivity index (χ4n) is 3.43. The fraction of sp³-hybridized carbons (Fsp3) is 0. The summed E-state index contributed by atoms with van der Waals surface area (Å²) in [6.45, 7) is 0. The second-order valence-electron chi connectivity index (χ2n) is 6.53. The summed E-state index contributed by atoms with van der Waals surface area (Å²) in [5.41, 5.74) is 9.24. The van der Waals surface area contributed by atoms with Gasteiger partial charge in [-0.05, 0) is 34.4 Å². The number of hydrogen-bond donors (Lipinski definition) is 0. The van der Waals surface area contributed by atoms with Gasteiger partial charge in [-0.2, -0.15) is 0 Å². The molecule has 0 aromatic carbocycles. The van der Waals surface area contributed by atoms with E-state index in [-0.39, 0.29) is 0 Å². The molecule has 1 aromatic rings. The molecule has 0 aliphatic heterocycles. The average Bonchev–Trinajstić information content (AvgIpc) is 3.21. The first kappa shape index (κ1) is 14.9. The van der Waals surface area contributed by atoms with E-state index in [2.05, 4.69) is 103 Å². The zero-order valence-electron chi connectivity index (χ0n) is 14.3. The number of hydrogen-bond acceptors (Lipinski definition) is 1. The molecule has 0 radical (unpaired) electrons. The monoisotopic (exact) mass is 331 g/mol. The molecule has 0 N–H and O–H groups in total. The number of rotatable bonds is 2. The molecule has 0 amide bonds. The summed E-state index contributed by atoms with van der Waals surface area (Å²) in [5, 5.41) is 0. The Balaban J connectivity index is 1.59. The lowest BCUT2D eigenvalue weighted by molar-refractivity contribution is 1.33. The van der Waals surface area contributed by atoms with Crippen LogP contribution in [0.5, 0.6) is 0 Å².